The van der Waals surface area contributed by atoms with Crippen LogP contribution in [0, 0.1) is 12.8 Å². The number of anilines is 1. The molecule has 0 aromatic heterocycles. The molecule has 0 saturated heterocycles. The van der Waals surface area contributed by atoms with Gasteiger partial charge >= 0.3 is 0 Å². The van der Waals surface area contributed by atoms with Crippen LogP contribution in [-0.2, 0) is 17.8 Å². The van der Waals surface area contributed by atoms with Crippen molar-refractivity contribution in [2.75, 3.05) is 39.2 Å². The second kappa shape index (κ2) is 16.6. The summed E-state index contributed by atoms with van der Waals surface area (Å²) in [6.07, 6.45) is 0.239. The van der Waals surface area contributed by atoms with Crippen LogP contribution in [0.3, 0.4) is 0 Å². The van der Waals surface area contributed by atoms with Crippen molar-refractivity contribution in [1.82, 2.24) is 9.80 Å². The second-order valence-corrected chi connectivity index (χ2v) is 12.0. The molecule has 242 valence electrons. The van der Waals surface area contributed by atoms with Crippen molar-refractivity contribution < 1.29 is 24.2 Å². The molecule has 0 aliphatic carbocycles. The number of ether oxygens (including phenoxy) is 2. The number of para-hydroxylation sites is 2. The predicted molar refractivity (Wildman–Crippen MR) is 183 cm³/mol. The molecule has 1 aliphatic heterocycles. The molecule has 0 fully saturated rings. The van der Waals surface area contributed by atoms with Gasteiger partial charge in [0.1, 0.15) is 11.5 Å². The number of benzene rings is 4. The van der Waals surface area contributed by atoms with E-state index in [1.807, 2.05) is 74.5 Å². The van der Waals surface area contributed by atoms with E-state index in [1.54, 1.807) is 23.1 Å². The minimum Gasteiger partial charge on any atom is -0.490 e. The van der Waals surface area contributed by atoms with E-state index in [9.17, 15) is 14.7 Å². The minimum atomic E-state index is -0.294. The Bertz CT molecular complexity index is 1570. The maximum atomic E-state index is 13.1. The molecule has 46 heavy (non-hydrogen) atoms. The Morgan fingerprint density at radius 2 is 1.67 bits per heavy atom. The van der Waals surface area contributed by atoms with Crippen LogP contribution in [0.1, 0.15) is 40.9 Å². The Balaban J connectivity index is 0.000000230. The number of carbonyl (C=O) groups is 2. The number of hydrogen-bond acceptors (Lipinski definition) is 6. The van der Waals surface area contributed by atoms with Gasteiger partial charge in [0.15, 0.2) is 5.75 Å². The Kier molecular flexibility index (Phi) is 12.3. The second-order valence-electron chi connectivity index (χ2n) is 12.0. The zero-order chi connectivity index (χ0) is 33.1. The van der Waals surface area contributed by atoms with Crippen molar-refractivity contribution in [2.24, 2.45) is 5.92 Å². The number of nitrogens with zero attached hydrogens (tertiary/aromatic N) is 2. The van der Waals surface area contributed by atoms with Gasteiger partial charge in [-0.1, -0.05) is 73.7 Å². The van der Waals surface area contributed by atoms with E-state index in [0.717, 1.165) is 29.2 Å². The lowest BCUT2D eigenvalue weighted by Gasteiger charge is -2.33. The predicted octanol–water partition coefficient (Wildman–Crippen LogP) is 6.57. The van der Waals surface area contributed by atoms with Crippen molar-refractivity contribution in [2.45, 2.75) is 39.8 Å². The summed E-state index contributed by atoms with van der Waals surface area (Å²) in [4.78, 5) is 29.4. The van der Waals surface area contributed by atoms with Crippen molar-refractivity contribution in [3.05, 3.63) is 119 Å². The molecular formula is C38H45N3O5. The molecule has 8 heteroatoms. The highest BCUT2D eigenvalue weighted by atomic mass is 16.5. The molecule has 4 aromatic carbocycles. The van der Waals surface area contributed by atoms with E-state index < -0.39 is 0 Å². The Morgan fingerprint density at radius 1 is 0.978 bits per heavy atom. The summed E-state index contributed by atoms with van der Waals surface area (Å²) in [7, 11) is 4.13. The molecule has 2 N–H and O–H groups in total. The van der Waals surface area contributed by atoms with Crippen molar-refractivity contribution in [3.8, 4) is 17.2 Å². The average Bonchev–Trinajstić information content (AvgIpc) is 3.04. The number of carbonyl (C=O) groups excluding carboxylic acids is 2. The first-order valence-electron chi connectivity index (χ1n) is 15.6. The van der Waals surface area contributed by atoms with Crippen molar-refractivity contribution in [3.63, 3.8) is 0 Å². The highest BCUT2D eigenvalue weighted by Gasteiger charge is 2.29. The number of nitrogens with one attached hydrogen (secondary N) is 1. The van der Waals surface area contributed by atoms with Crippen molar-refractivity contribution >= 4 is 17.5 Å². The third-order valence-electron chi connectivity index (χ3n) is 7.55. The first kappa shape index (κ1) is 34.2. The van der Waals surface area contributed by atoms with E-state index >= 15 is 0 Å². The molecule has 0 radical (unpaired) electrons. The Hall–Kier alpha value is -4.66. The summed E-state index contributed by atoms with van der Waals surface area (Å²) in [5.41, 5.74) is 4.22. The summed E-state index contributed by atoms with van der Waals surface area (Å²) in [5, 5.41) is 12.4. The highest BCUT2D eigenvalue weighted by Crippen LogP contribution is 2.33. The third-order valence-corrected chi connectivity index (χ3v) is 7.55. The molecule has 0 spiro atoms. The zero-order valence-electron chi connectivity index (χ0n) is 27.4. The lowest BCUT2D eigenvalue weighted by Crippen LogP contribution is -2.45. The molecule has 4 aromatic rings. The fourth-order valence-corrected chi connectivity index (χ4v) is 5.09. The number of aliphatic hydroxyl groups excluding tert-OH is 1. The molecule has 1 aliphatic rings. The van der Waals surface area contributed by atoms with Crippen LogP contribution in [0.4, 0.5) is 5.69 Å². The molecule has 0 unspecified atom stereocenters. The number of aryl methyl sites for hydroxylation is 1. The van der Waals surface area contributed by atoms with Gasteiger partial charge in [-0.15, -0.1) is 0 Å². The third kappa shape index (κ3) is 9.67. The first-order chi connectivity index (χ1) is 22.1. The van der Waals surface area contributed by atoms with Gasteiger partial charge in [0, 0.05) is 19.0 Å². The molecule has 5 rings (SSSR count). The standard InChI is InChI=1S/C22H26N2O4.C16H19NO/c1-15-12-24(16(2)13-25)22(27)18-9-6-10-19(21(18)28-14-15)23-20(26)11-17-7-4-3-5-8-17;1-13-6-4-5-7-16(13)18-15-10-8-14(9-11-15)12-17(2)3/h3-10,15-16,25H,11-14H2,1-2H3,(H,23,26);4-11H,12H2,1-3H3/t15-,16+;/m1./s1. The molecule has 2 atom stereocenters. The summed E-state index contributed by atoms with van der Waals surface area (Å²) < 4.78 is 11.8. The van der Waals surface area contributed by atoms with Crippen LogP contribution in [0.2, 0.25) is 0 Å². The normalized spacial score (nSPS) is 15.0. The van der Waals surface area contributed by atoms with Gasteiger partial charge in [-0.2, -0.15) is 0 Å². The number of aliphatic hydroxyl groups is 1. The summed E-state index contributed by atoms with van der Waals surface area (Å²) >= 11 is 0. The smallest absolute Gasteiger partial charge is 0.258 e. The minimum absolute atomic E-state index is 0.0965. The lowest BCUT2D eigenvalue weighted by atomic mass is 10.0. The Morgan fingerprint density at radius 3 is 2.35 bits per heavy atom. The van der Waals surface area contributed by atoms with Gasteiger partial charge in [-0.25, -0.2) is 0 Å². The average molecular weight is 624 g/mol. The van der Waals surface area contributed by atoms with Gasteiger partial charge in [0.2, 0.25) is 5.91 Å². The molecule has 0 saturated carbocycles. The van der Waals surface area contributed by atoms with Crippen LogP contribution in [0.25, 0.3) is 0 Å². The van der Waals surface area contributed by atoms with Crippen LogP contribution < -0.4 is 14.8 Å². The van der Waals surface area contributed by atoms with Gasteiger partial charge < -0.3 is 29.7 Å². The topological polar surface area (TPSA) is 91.3 Å². The van der Waals surface area contributed by atoms with Crippen molar-refractivity contribution in [1.29, 1.82) is 0 Å². The first-order valence-corrected chi connectivity index (χ1v) is 15.6. The van der Waals surface area contributed by atoms with E-state index in [2.05, 4.69) is 49.4 Å². The zero-order valence-corrected chi connectivity index (χ0v) is 27.4. The maximum Gasteiger partial charge on any atom is 0.258 e. The van der Waals surface area contributed by atoms with Gasteiger partial charge in [-0.05, 0) is 75.0 Å². The fourth-order valence-electron chi connectivity index (χ4n) is 5.09. The van der Waals surface area contributed by atoms with Crippen LogP contribution >= 0.6 is 0 Å². The summed E-state index contributed by atoms with van der Waals surface area (Å²) in [6.45, 7) is 7.62. The number of rotatable bonds is 9. The SMILES string of the molecule is C[C@H]1COc2c(NC(=O)Cc3ccccc3)cccc2C(=O)N([C@@H](C)CO)C1.Cc1ccccc1Oc1ccc(CN(C)C)cc1. The number of amides is 2. The monoisotopic (exact) mass is 623 g/mol. The number of hydrogen-bond donors (Lipinski definition) is 2. The molecule has 1 heterocycles. The van der Waals surface area contributed by atoms with E-state index in [-0.39, 0.29) is 36.8 Å². The lowest BCUT2D eigenvalue weighted by molar-refractivity contribution is -0.115. The quantitative estimate of drug-likeness (QED) is 0.219. The maximum absolute atomic E-state index is 13.1. The summed E-state index contributed by atoms with van der Waals surface area (Å²) in [5.74, 6) is 1.90. The van der Waals surface area contributed by atoms with Gasteiger partial charge in [-0.3, -0.25) is 9.59 Å². The van der Waals surface area contributed by atoms with Gasteiger partial charge in [0.05, 0.1) is 36.9 Å². The molecule has 2 amide bonds. The highest BCUT2D eigenvalue weighted by molar-refractivity contribution is 6.01. The molecular weight excluding hydrogens is 578 g/mol. The van der Waals surface area contributed by atoms with E-state index in [1.165, 1.54) is 5.56 Å². The Labute approximate surface area is 272 Å². The van der Waals surface area contributed by atoms with E-state index in [0.29, 0.717) is 30.2 Å². The van der Waals surface area contributed by atoms with E-state index in [4.69, 9.17) is 9.47 Å². The van der Waals surface area contributed by atoms with Crippen LogP contribution in [0.15, 0.2) is 97.1 Å². The van der Waals surface area contributed by atoms with Gasteiger partial charge in [0.25, 0.3) is 5.91 Å². The number of fused-ring (bicyclic) bond motifs is 1. The molecule has 8 nitrogen and oxygen atoms in total. The molecule has 0 bridgehead atoms. The fraction of sp³-hybridized carbons (Fsp3) is 0.316. The largest absolute Gasteiger partial charge is 0.490 e. The summed E-state index contributed by atoms with van der Waals surface area (Å²) in [6, 6.07) is 30.6. The van der Waals surface area contributed by atoms with Crippen LogP contribution in [0.5, 0.6) is 17.2 Å². The van der Waals surface area contributed by atoms with Crippen LogP contribution in [-0.4, -0.2) is 66.6 Å².